The molecule has 1 saturated carbocycles. The maximum absolute atomic E-state index is 11.8. The fourth-order valence-corrected chi connectivity index (χ4v) is 2.88. The number of nitrogen functional groups attached to an aromatic ring is 1. The minimum Gasteiger partial charge on any atom is -0.397 e. The smallest absolute Gasteiger partial charge is 0.232 e. The van der Waals surface area contributed by atoms with Gasteiger partial charge >= 0.3 is 0 Å². The first kappa shape index (κ1) is 13.2. The molecule has 0 bridgehead atoms. The molecule has 1 aromatic heterocycles. The molecule has 0 radical (unpaired) electrons. The predicted octanol–water partition coefficient (Wildman–Crippen LogP) is 2.09. The van der Waals surface area contributed by atoms with E-state index in [1.807, 2.05) is 18.2 Å². The fraction of sp³-hybridized carbons (Fsp3) is 0.357. The van der Waals surface area contributed by atoms with Gasteiger partial charge in [-0.15, -0.1) is 0 Å². The minimum absolute atomic E-state index is 0.436. The molecule has 5 nitrogen and oxygen atoms in total. The summed E-state index contributed by atoms with van der Waals surface area (Å²) in [6, 6.07) is 7.45. The molecule has 2 N–H and O–H groups in total. The lowest BCUT2D eigenvalue weighted by molar-refractivity contribution is 0.600. The number of rotatable bonds is 3. The third-order valence-electron chi connectivity index (χ3n) is 3.70. The standard InChI is InChI=1S/C14H17N3O2S/c1-17(20(2,18)19)14-10-5-7-12(9-3-4-9)16-13(10)8-6-11(14)15/h5-9H,3-4,15H2,1-2H3. The van der Waals surface area contributed by atoms with Crippen molar-refractivity contribution in [3.05, 3.63) is 30.0 Å². The van der Waals surface area contributed by atoms with E-state index in [-0.39, 0.29) is 0 Å². The monoisotopic (exact) mass is 291 g/mol. The largest absolute Gasteiger partial charge is 0.397 e. The average Bonchev–Trinajstić information content (AvgIpc) is 3.20. The van der Waals surface area contributed by atoms with Crippen molar-refractivity contribution < 1.29 is 8.42 Å². The summed E-state index contributed by atoms with van der Waals surface area (Å²) in [5.41, 5.74) is 8.76. The van der Waals surface area contributed by atoms with Crippen LogP contribution >= 0.6 is 0 Å². The molecule has 3 rings (SSSR count). The van der Waals surface area contributed by atoms with Crippen LogP contribution in [0.4, 0.5) is 11.4 Å². The van der Waals surface area contributed by atoms with Gasteiger partial charge in [0, 0.05) is 24.0 Å². The third kappa shape index (κ3) is 2.20. The van der Waals surface area contributed by atoms with Gasteiger partial charge in [-0.05, 0) is 37.1 Å². The molecule has 1 aliphatic rings. The number of fused-ring (bicyclic) bond motifs is 1. The Morgan fingerprint density at radius 1 is 1.25 bits per heavy atom. The van der Waals surface area contributed by atoms with Gasteiger partial charge in [-0.2, -0.15) is 0 Å². The van der Waals surface area contributed by atoms with E-state index in [1.165, 1.54) is 24.2 Å². The van der Waals surface area contributed by atoms with E-state index in [9.17, 15) is 8.42 Å². The Hall–Kier alpha value is -1.82. The summed E-state index contributed by atoms with van der Waals surface area (Å²) < 4.78 is 24.7. The second-order valence-corrected chi connectivity index (χ2v) is 7.32. The van der Waals surface area contributed by atoms with Crippen molar-refractivity contribution in [1.29, 1.82) is 0 Å². The highest BCUT2D eigenvalue weighted by Crippen LogP contribution is 2.40. The number of anilines is 2. The van der Waals surface area contributed by atoms with Crippen molar-refractivity contribution in [3.8, 4) is 0 Å². The highest BCUT2D eigenvalue weighted by Gasteiger charge is 2.25. The van der Waals surface area contributed by atoms with Crippen LogP contribution in [0.2, 0.25) is 0 Å². The van der Waals surface area contributed by atoms with E-state index in [2.05, 4.69) is 4.98 Å². The van der Waals surface area contributed by atoms with Gasteiger partial charge in [0.25, 0.3) is 0 Å². The van der Waals surface area contributed by atoms with E-state index in [1.54, 1.807) is 6.07 Å². The lowest BCUT2D eigenvalue weighted by Gasteiger charge is -2.20. The van der Waals surface area contributed by atoms with Crippen LogP contribution in [0.1, 0.15) is 24.5 Å². The number of hydrogen-bond acceptors (Lipinski definition) is 4. The molecule has 0 unspecified atom stereocenters. The summed E-state index contributed by atoms with van der Waals surface area (Å²) in [4.78, 5) is 4.63. The minimum atomic E-state index is -3.36. The first-order chi connectivity index (χ1) is 9.38. The van der Waals surface area contributed by atoms with E-state index < -0.39 is 10.0 Å². The molecule has 1 aromatic carbocycles. The number of hydrogen-bond donors (Lipinski definition) is 1. The van der Waals surface area contributed by atoms with E-state index >= 15 is 0 Å². The summed E-state index contributed by atoms with van der Waals surface area (Å²) in [5, 5.41) is 0.766. The molecule has 106 valence electrons. The second kappa shape index (κ2) is 4.34. The first-order valence-electron chi connectivity index (χ1n) is 6.51. The van der Waals surface area contributed by atoms with Crippen LogP contribution in [-0.2, 0) is 10.0 Å². The Labute approximate surface area is 118 Å². The zero-order valence-electron chi connectivity index (χ0n) is 11.5. The van der Waals surface area contributed by atoms with Crippen LogP contribution in [0.15, 0.2) is 24.3 Å². The maximum atomic E-state index is 11.8. The van der Waals surface area contributed by atoms with Gasteiger partial charge in [0.15, 0.2) is 0 Å². The molecular formula is C14H17N3O2S. The van der Waals surface area contributed by atoms with Gasteiger partial charge in [-0.25, -0.2) is 8.42 Å². The lowest BCUT2D eigenvalue weighted by Crippen LogP contribution is -2.26. The van der Waals surface area contributed by atoms with E-state index in [4.69, 9.17) is 5.73 Å². The first-order valence-corrected chi connectivity index (χ1v) is 8.36. The van der Waals surface area contributed by atoms with Crippen LogP contribution < -0.4 is 10.0 Å². The Morgan fingerprint density at radius 2 is 1.95 bits per heavy atom. The summed E-state index contributed by atoms with van der Waals surface area (Å²) in [5.74, 6) is 0.563. The predicted molar refractivity (Wildman–Crippen MR) is 81.4 cm³/mol. The highest BCUT2D eigenvalue weighted by atomic mass is 32.2. The average molecular weight is 291 g/mol. The van der Waals surface area contributed by atoms with E-state index in [0.717, 1.165) is 22.9 Å². The SMILES string of the molecule is CN(c1c(N)ccc2nc(C3CC3)ccc12)S(C)(=O)=O. The normalized spacial score (nSPS) is 15.5. The number of aromatic nitrogens is 1. The number of nitrogens with zero attached hydrogens (tertiary/aromatic N) is 2. The molecule has 6 heteroatoms. The molecule has 0 amide bonds. The Bertz CT molecular complexity index is 782. The van der Waals surface area contributed by atoms with Gasteiger partial charge in [0.05, 0.1) is 23.1 Å². The van der Waals surface area contributed by atoms with Gasteiger partial charge in [0.2, 0.25) is 10.0 Å². The van der Waals surface area contributed by atoms with Crippen molar-refractivity contribution in [3.63, 3.8) is 0 Å². The molecule has 20 heavy (non-hydrogen) atoms. The Morgan fingerprint density at radius 3 is 2.55 bits per heavy atom. The topological polar surface area (TPSA) is 76.3 Å². The molecule has 0 aliphatic heterocycles. The summed E-state index contributed by atoms with van der Waals surface area (Å²) in [7, 11) is -1.85. The molecule has 1 heterocycles. The van der Waals surface area contributed by atoms with Crippen molar-refractivity contribution >= 4 is 32.3 Å². The molecule has 1 fully saturated rings. The molecular weight excluding hydrogens is 274 g/mol. The fourth-order valence-electron chi connectivity index (χ4n) is 2.34. The van der Waals surface area contributed by atoms with Gasteiger partial charge in [-0.3, -0.25) is 9.29 Å². The summed E-state index contributed by atoms with van der Waals surface area (Å²) in [6.07, 6.45) is 3.53. The van der Waals surface area contributed by atoms with Crippen LogP contribution in [0, 0.1) is 0 Å². The molecule has 0 atom stereocenters. The zero-order chi connectivity index (χ0) is 14.5. The maximum Gasteiger partial charge on any atom is 0.232 e. The van der Waals surface area contributed by atoms with Crippen molar-refractivity contribution in [1.82, 2.24) is 4.98 Å². The molecule has 2 aromatic rings. The number of benzene rings is 1. The van der Waals surface area contributed by atoms with Crippen LogP contribution in [0.25, 0.3) is 10.9 Å². The summed E-state index contributed by atoms with van der Waals surface area (Å²) >= 11 is 0. The molecule has 0 spiro atoms. The van der Waals surface area contributed by atoms with Crippen molar-refractivity contribution in [2.75, 3.05) is 23.3 Å². The van der Waals surface area contributed by atoms with Gasteiger partial charge < -0.3 is 5.73 Å². The Balaban J connectivity index is 2.22. The van der Waals surface area contributed by atoms with Crippen LogP contribution in [0.3, 0.4) is 0 Å². The highest BCUT2D eigenvalue weighted by molar-refractivity contribution is 7.92. The number of sulfonamides is 1. The second-order valence-electron chi connectivity index (χ2n) is 5.31. The van der Waals surface area contributed by atoms with Gasteiger partial charge in [0.1, 0.15) is 0 Å². The molecule has 1 aliphatic carbocycles. The van der Waals surface area contributed by atoms with Gasteiger partial charge in [-0.1, -0.05) is 0 Å². The summed E-state index contributed by atoms with van der Waals surface area (Å²) in [6.45, 7) is 0. The zero-order valence-corrected chi connectivity index (χ0v) is 12.3. The Kier molecular flexibility index (Phi) is 2.86. The van der Waals surface area contributed by atoms with Crippen molar-refractivity contribution in [2.24, 2.45) is 0 Å². The van der Waals surface area contributed by atoms with E-state index in [0.29, 0.717) is 17.3 Å². The van der Waals surface area contributed by atoms with Crippen molar-refractivity contribution in [2.45, 2.75) is 18.8 Å². The van der Waals surface area contributed by atoms with Crippen LogP contribution in [-0.4, -0.2) is 26.7 Å². The lowest BCUT2D eigenvalue weighted by atomic mass is 10.1. The van der Waals surface area contributed by atoms with Crippen LogP contribution in [0.5, 0.6) is 0 Å². The third-order valence-corrected chi connectivity index (χ3v) is 4.88. The quantitative estimate of drug-likeness (QED) is 0.879. The molecule has 0 saturated heterocycles. The number of pyridine rings is 1. The number of nitrogens with two attached hydrogens (primary N) is 1.